The number of hydrogen-bond acceptors (Lipinski definition) is 4. The highest BCUT2D eigenvalue weighted by Gasteiger charge is 2.45. The molecule has 2 N–H and O–H groups in total. The number of fused-ring (bicyclic) bond motifs is 2. The fourth-order valence-corrected chi connectivity index (χ4v) is 3.51. The molecule has 2 aliphatic rings. The summed E-state index contributed by atoms with van der Waals surface area (Å²) in [5.74, 6) is 0.454. The summed E-state index contributed by atoms with van der Waals surface area (Å²) in [6.07, 6.45) is 2.91. The molecule has 6 nitrogen and oxygen atoms in total. The zero-order valence-electron chi connectivity index (χ0n) is 12.7. The first kappa shape index (κ1) is 14.4. The van der Waals surface area contributed by atoms with Gasteiger partial charge in [-0.2, -0.15) is 0 Å². The van der Waals surface area contributed by atoms with Crippen LogP contribution in [0.5, 0.6) is 0 Å². The molecule has 6 heteroatoms. The van der Waals surface area contributed by atoms with E-state index in [2.05, 4.69) is 15.3 Å². The van der Waals surface area contributed by atoms with E-state index in [0.717, 1.165) is 25.0 Å². The highest BCUT2D eigenvalue weighted by atomic mass is 16.5. The maximum Gasteiger partial charge on any atom is 0.270 e. The Balaban J connectivity index is 1.38. The minimum Gasteiger partial charge on any atom is -0.378 e. The van der Waals surface area contributed by atoms with Gasteiger partial charge in [0.05, 0.1) is 17.1 Å². The summed E-state index contributed by atoms with van der Waals surface area (Å²) in [7, 11) is 0. The van der Waals surface area contributed by atoms with Crippen molar-refractivity contribution in [1.82, 2.24) is 15.3 Å². The highest BCUT2D eigenvalue weighted by Crippen LogP contribution is 2.38. The molecule has 0 spiro atoms. The van der Waals surface area contributed by atoms with Crippen molar-refractivity contribution in [3.05, 3.63) is 40.3 Å². The van der Waals surface area contributed by atoms with E-state index in [1.165, 1.54) is 0 Å². The number of rotatable bonds is 4. The first-order chi connectivity index (χ1) is 11.2. The molecule has 4 rings (SSSR count). The lowest BCUT2D eigenvalue weighted by molar-refractivity contribution is -0.124. The SMILES string of the molecule is O=C(CCc1nc2ccccc2[nH]c1=O)N[C@@H]1C[C@H]2OCC[C@@H]12. The molecule has 0 unspecified atom stereocenters. The van der Waals surface area contributed by atoms with Crippen molar-refractivity contribution in [1.29, 1.82) is 0 Å². The van der Waals surface area contributed by atoms with Crippen LogP contribution in [0, 0.1) is 5.92 Å². The summed E-state index contributed by atoms with van der Waals surface area (Å²) in [5.41, 5.74) is 1.65. The predicted octanol–water partition coefficient (Wildman–Crippen LogP) is 1.15. The lowest BCUT2D eigenvalue weighted by Gasteiger charge is -2.39. The van der Waals surface area contributed by atoms with E-state index >= 15 is 0 Å². The van der Waals surface area contributed by atoms with Gasteiger partial charge in [0.2, 0.25) is 5.91 Å². The number of nitrogens with zero attached hydrogens (tertiary/aromatic N) is 1. The second-order valence-corrected chi connectivity index (χ2v) is 6.30. The third-order valence-electron chi connectivity index (χ3n) is 4.87. The van der Waals surface area contributed by atoms with Gasteiger partial charge in [0, 0.05) is 31.4 Å². The van der Waals surface area contributed by atoms with Gasteiger partial charge in [-0.3, -0.25) is 9.59 Å². The number of amides is 1. The highest BCUT2D eigenvalue weighted by molar-refractivity contribution is 5.77. The molecule has 0 bridgehead atoms. The van der Waals surface area contributed by atoms with Crippen LogP contribution in [0.1, 0.15) is 25.0 Å². The topological polar surface area (TPSA) is 84.1 Å². The van der Waals surface area contributed by atoms with Gasteiger partial charge in [-0.05, 0) is 25.0 Å². The molecule has 23 heavy (non-hydrogen) atoms. The van der Waals surface area contributed by atoms with Gasteiger partial charge in [0.15, 0.2) is 0 Å². The summed E-state index contributed by atoms with van der Waals surface area (Å²) in [6, 6.07) is 7.63. The molecule has 0 radical (unpaired) electrons. The minimum atomic E-state index is -0.218. The predicted molar refractivity (Wildman–Crippen MR) is 85.1 cm³/mol. The van der Waals surface area contributed by atoms with Crippen molar-refractivity contribution in [3.63, 3.8) is 0 Å². The second kappa shape index (κ2) is 5.77. The van der Waals surface area contributed by atoms with Crippen molar-refractivity contribution in [3.8, 4) is 0 Å². The number of para-hydroxylation sites is 2. The van der Waals surface area contributed by atoms with E-state index in [0.29, 0.717) is 29.7 Å². The van der Waals surface area contributed by atoms with Gasteiger partial charge >= 0.3 is 0 Å². The number of benzene rings is 1. The van der Waals surface area contributed by atoms with Gasteiger partial charge in [-0.25, -0.2) is 4.98 Å². The maximum absolute atomic E-state index is 12.1. The zero-order valence-corrected chi connectivity index (χ0v) is 12.7. The Labute approximate surface area is 133 Å². The van der Waals surface area contributed by atoms with E-state index in [4.69, 9.17) is 4.74 Å². The summed E-state index contributed by atoms with van der Waals surface area (Å²) in [5, 5.41) is 3.06. The van der Waals surface area contributed by atoms with Gasteiger partial charge in [-0.1, -0.05) is 12.1 Å². The molecule has 2 fully saturated rings. The number of ether oxygens (including phenoxy) is 1. The average Bonchev–Trinajstić information content (AvgIpc) is 2.91. The van der Waals surface area contributed by atoms with Gasteiger partial charge < -0.3 is 15.0 Å². The molecule has 1 aliphatic heterocycles. The van der Waals surface area contributed by atoms with E-state index in [9.17, 15) is 9.59 Å². The first-order valence-electron chi connectivity index (χ1n) is 8.09. The monoisotopic (exact) mass is 313 g/mol. The Morgan fingerprint density at radius 2 is 2.26 bits per heavy atom. The fourth-order valence-electron chi connectivity index (χ4n) is 3.51. The summed E-state index contributed by atoms with van der Waals surface area (Å²) in [6.45, 7) is 0.804. The smallest absolute Gasteiger partial charge is 0.270 e. The number of carbonyl (C=O) groups is 1. The van der Waals surface area contributed by atoms with Gasteiger partial charge in [0.1, 0.15) is 5.69 Å². The third kappa shape index (κ3) is 2.74. The van der Waals surface area contributed by atoms with Crippen LogP contribution < -0.4 is 10.9 Å². The average molecular weight is 313 g/mol. The quantitative estimate of drug-likeness (QED) is 0.887. The summed E-state index contributed by atoms with van der Waals surface area (Å²) in [4.78, 5) is 31.3. The molecule has 120 valence electrons. The van der Waals surface area contributed by atoms with Gasteiger partial charge in [0.25, 0.3) is 5.56 Å². The summed E-state index contributed by atoms with van der Waals surface area (Å²) < 4.78 is 5.54. The number of aromatic amines is 1. The van der Waals surface area contributed by atoms with Crippen molar-refractivity contribution < 1.29 is 9.53 Å². The molecular formula is C17H19N3O3. The fraction of sp³-hybridized carbons (Fsp3) is 0.471. The van der Waals surface area contributed by atoms with Crippen LogP contribution in [0.25, 0.3) is 11.0 Å². The van der Waals surface area contributed by atoms with Crippen LogP contribution in [0.3, 0.4) is 0 Å². The molecule has 1 aromatic heterocycles. The Bertz CT molecular complexity index is 801. The van der Waals surface area contributed by atoms with Gasteiger partial charge in [-0.15, -0.1) is 0 Å². The molecule has 1 saturated heterocycles. The van der Waals surface area contributed by atoms with Crippen molar-refractivity contribution in [2.45, 2.75) is 37.8 Å². The van der Waals surface area contributed by atoms with Crippen LogP contribution in [0.15, 0.2) is 29.1 Å². The normalized spacial score (nSPS) is 25.8. The molecule has 3 atom stereocenters. The Morgan fingerprint density at radius 1 is 1.39 bits per heavy atom. The lowest BCUT2D eigenvalue weighted by Crippen LogP contribution is -2.53. The zero-order chi connectivity index (χ0) is 15.8. The van der Waals surface area contributed by atoms with Crippen LogP contribution >= 0.6 is 0 Å². The van der Waals surface area contributed by atoms with Crippen LogP contribution in [0.2, 0.25) is 0 Å². The van der Waals surface area contributed by atoms with E-state index in [1.54, 1.807) is 0 Å². The van der Waals surface area contributed by atoms with E-state index < -0.39 is 0 Å². The second-order valence-electron chi connectivity index (χ2n) is 6.30. The Morgan fingerprint density at radius 3 is 3.13 bits per heavy atom. The molecule has 1 saturated carbocycles. The minimum absolute atomic E-state index is 0.0188. The maximum atomic E-state index is 12.1. The first-order valence-corrected chi connectivity index (χ1v) is 8.09. The van der Waals surface area contributed by atoms with E-state index in [-0.39, 0.29) is 23.9 Å². The molecule has 2 heterocycles. The number of aromatic nitrogens is 2. The molecule has 1 aromatic carbocycles. The van der Waals surface area contributed by atoms with E-state index in [1.807, 2.05) is 24.3 Å². The van der Waals surface area contributed by atoms with Crippen molar-refractivity contribution in [2.24, 2.45) is 5.92 Å². The molecule has 1 aliphatic carbocycles. The van der Waals surface area contributed by atoms with Crippen LogP contribution in [-0.2, 0) is 16.0 Å². The van der Waals surface area contributed by atoms with Crippen LogP contribution in [-0.4, -0.2) is 34.6 Å². The Hall–Kier alpha value is -2.21. The molecular weight excluding hydrogens is 294 g/mol. The third-order valence-corrected chi connectivity index (χ3v) is 4.87. The number of carbonyl (C=O) groups excluding carboxylic acids is 1. The number of nitrogens with one attached hydrogen (secondary N) is 2. The largest absolute Gasteiger partial charge is 0.378 e. The summed E-state index contributed by atoms with van der Waals surface area (Å²) >= 11 is 0. The molecule has 1 amide bonds. The lowest BCUT2D eigenvalue weighted by atomic mass is 9.76. The standard InChI is InChI=1S/C17H19N3O3/c21-16(19-14-9-15-10(14)7-8-23-15)6-5-13-17(22)20-12-4-2-1-3-11(12)18-13/h1-4,10,14-15H,5-9H2,(H,19,21)(H,20,22)/t10-,14+,15+/m0/s1. The number of aryl methyl sites for hydroxylation is 1. The van der Waals surface area contributed by atoms with Crippen molar-refractivity contribution >= 4 is 16.9 Å². The number of hydrogen-bond donors (Lipinski definition) is 2. The Kier molecular flexibility index (Phi) is 3.61. The van der Waals surface area contributed by atoms with Crippen LogP contribution in [0.4, 0.5) is 0 Å². The van der Waals surface area contributed by atoms with Crippen molar-refractivity contribution in [2.75, 3.05) is 6.61 Å². The molecule has 2 aromatic rings. The number of H-pyrrole nitrogens is 1.